The molecule has 0 saturated carbocycles. The lowest BCUT2D eigenvalue weighted by Crippen LogP contribution is -2.26. The van der Waals surface area contributed by atoms with E-state index < -0.39 is 0 Å². The molecule has 6 heteroatoms. The van der Waals surface area contributed by atoms with E-state index in [1.165, 1.54) is 14.2 Å². The van der Waals surface area contributed by atoms with Gasteiger partial charge in [-0.2, -0.15) is 11.8 Å². The summed E-state index contributed by atoms with van der Waals surface area (Å²) in [5.74, 6) is 0.804. The van der Waals surface area contributed by atoms with Crippen LogP contribution in [0.25, 0.3) is 0 Å². The number of anilines is 1. The third-order valence-electron chi connectivity index (χ3n) is 3.04. The molecule has 20 heavy (non-hydrogen) atoms. The minimum absolute atomic E-state index is 0.197. The zero-order chi connectivity index (χ0) is 15.1. The summed E-state index contributed by atoms with van der Waals surface area (Å²) in [6.45, 7) is 2.75. The average molecular weight is 298 g/mol. The number of hydrogen-bond donors (Lipinski definition) is 2. The Morgan fingerprint density at radius 3 is 2.50 bits per heavy atom. The van der Waals surface area contributed by atoms with Crippen LogP contribution in [0.2, 0.25) is 0 Å². The molecule has 5 nitrogen and oxygen atoms in total. The van der Waals surface area contributed by atoms with Crippen molar-refractivity contribution in [3.63, 3.8) is 0 Å². The summed E-state index contributed by atoms with van der Waals surface area (Å²) in [6.07, 6.45) is 2.97. The molecule has 0 spiro atoms. The zero-order valence-corrected chi connectivity index (χ0v) is 13.2. The highest BCUT2D eigenvalue weighted by molar-refractivity contribution is 7.99. The normalized spacial score (nSPS) is 11.8. The Bertz CT molecular complexity index is 466. The summed E-state index contributed by atoms with van der Waals surface area (Å²) in [6, 6.07) is 3.19. The molecule has 0 aliphatic carbocycles. The van der Waals surface area contributed by atoms with Gasteiger partial charge in [0.2, 0.25) is 0 Å². The van der Waals surface area contributed by atoms with Crippen LogP contribution in [0.3, 0.4) is 0 Å². The number of hydrogen-bond acceptors (Lipinski definition) is 5. The van der Waals surface area contributed by atoms with Gasteiger partial charge in [0, 0.05) is 23.5 Å². The monoisotopic (exact) mass is 298 g/mol. The number of nitrogens with two attached hydrogens (primary N) is 1. The lowest BCUT2D eigenvalue weighted by atomic mass is 10.1. The minimum atomic E-state index is -0.197. The Balaban J connectivity index is 2.77. The number of carbonyl (C=O) groups is 1. The number of ether oxygens (including phenoxy) is 2. The summed E-state index contributed by atoms with van der Waals surface area (Å²) in [5, 5.41) is 3.38. The molecule has 0 heterocycles. The number of carbonyl (C=O) groups excluding carboxylic acids is 1. The van der Waals surface area contributed by atoms with E-state index in [0.717, 1.165) is 6.42 Å². The van der Waals surface area contributed by atoms with Gasteiger partial charge in [-0.1, -0.05) is 6.92 Å². The molecule has 0 aliphatic rings. The molecule has 112 valence electrons. The van der Waals surface area contributed by atoms with E-state index >= 15 is 0 Å². The van der Waals surface area contributed by atoms with E-state index in [1.54, 1.807) is 23.9 Å². The molecule has 0 aliphatic heterocycles. The highest BCUT2D eigenvalue weighted by atomic mass is 32.2. The van der Waals surface area contributed by atoms with Gasteiger partial charge in [0.15, 0.2) is 11.5 Å². The van der Waals surface area contributed by atoms with Gasteiger partial charge in [-0.25, -0.2) is 0 Å². The Kier molecular flexibility index (Phi) is 6.51. The van der Waals surface area contributed by atoms with E-state index in [1.807, 2.05) is 0 Å². The van der Waals surface area contributed by atoms with Crippen molar-refractivity contribution in [3.05, 3.63) is 17.7 Å². The van der Waals surface area contributed by atoms with Crippen LogP contribution in [0.5, 0.6) is 11.5 Å². The van der Waals surface area contributed by atoms with Gasteiger partial charge in [0.25, 0.3) is 5.91 Å². The fraction of sp³-hybridized carbons (Fsp3) is 0.500. The second kappa shape index (κ2) is 7.89. The molecule has 1 atom stereocenters. The molecule has 0 fully saturated rings. The fourth-order valence-electron chi connectivity index (χ4n) is 1.69. The molecule has 1 aromatic carbocycles. The maximum Gasteiger partial charge on any atom is 0.253 e. The lowest BCUT2D eigenvalue weighted by Gasteiger charge is -2.13. The second-order valence-electron chi connectivity index (χ2n) is 4.39. The third-order valence-corrected chi connectivity index (χ3v) is 4.08. The van der Waals surface area contributed by atoms with Crippen molar-refractivity contribution < 1.29 is 14.3 Å². The average Bonchev–Trinajstić information content (AvgIpc) is 2.46. The van der Waals surface area contributed by atoms with Gasteiger partial charge >= 0.3 is 0 Å². The lowest BCUT2D eigenvalue weighted by molar-refractivity contribution is 0.0954. The molecule has 1 aromatic rings. The van der Waals surface area contributed by atoms with Crippen LogP contribution < -0.4 is 20.5 Å². The minimum Gasteiger partial charge on any atom is -0.493 e. The summed E-state index contributed by atoms with van der Waals surface area (Å²) in [7, 11) is 3.05. The second-order valence-corrected chi connectivity index (χ2v) is 5.66. The predicted octanol–water partition coefficient (Wildman–Crippen LogP) is 2.16. The van der Waals surface area contributed by atoms with Crippen LogP contribution >= 0.6 is 11.8 Å². The topological polar surface area (TPSA) is 73.6 Å². The van der Waals surface area contributed by atoms with Gasteiger partial charge in [-0.3, -0.25) is 4.79 Å². The Hall–Kier alpha value is -1.56. The van der Waals surface area contributed by atoms with Gasteiger partial charge < -0.3 is 20.5 Å². The molecule has 1 amide bonds. The fourth-order valence-corrected chi connectivity index (χ4v) is 2.05. The van der Waals surface area contributed by atoms with Crippen LogP contribution in [-0.4, -0.2) is 38.2 Å². The Morgan fingerprint density at radius 2 is 1.95 bits per heavy atom. The third kappa shape index (κ3) is 4.23. The standard InChI is InChI=1S/C14H22N2O3S/c1-9(20-4)5-6-16-14(17)10-7-12(18-2)13(19-3)8-11(10)15/h7-9H,5-6,15H2,1-4H3,(H,16,17). The number of benzene rings is 1. The number of thioether (sulfide) groups is 1. The van der Waals surface area contributed by atoms with E-state index in [-0.39, 0.29) is 5.91 Å². The number of nitrogen functional groups attached to an aromatic ring is 1. The summed E-state index contributed by atoms with van der Waals surface area (Å²) < 4.78 is 10.3. The van der Waals surface area contributed by atoms with Crippen molar-refractivity contribution in [2.45, 2.75) is 18.6 Å². The first-order valence-electron chi connectivity index (χ1n) is 6.36. The van der Waals surface area contributed by atoms with Crippen LogP contribution in [0.15, 0.2) is 12.1 Å². The van der Waals surface area contributed by atoms with Crippen LogP contribution in [0.1, 0.15) is 23.7 Å². The first-order valence-corrected chi connectivity index (χ1v) is 7.64. The van der Waals surface area contributed by atoms with Crippen molar-refractivity contribution in [2.75, 3.05) is 32.8 Å². The molecule has 0 saturated heterocycles. The van der Waals surface area contributed by atoms with Crippen LogP contribution in [-0.2, 0) is 0 Å². The van der Waals surface area contributed by atoms with Crippen molar-refractivity contribution in [2.24, 2.45) is 0 Å². The quantitative estimate of drug-likeness (QED) is 0.755. The van der Waals surface area contributed by atoms with Gasteiger partial charge in [-0.05, 0) is 18.7 Å². The number of rotatable bonds is 7. The molecule has 0 bridgehead atoms. The summed E-state index contributed by atoms with van der Waals surface area (Å²) in [5.41, 5.74) is 6.65. The molecule has 1 unspecified atom stereocenters. The van der Waals surface area contributed by atoms with Gasteiger partial charge in [-0.15, -0.1) is 0 Å². The van der Waals surface area contributed by atoms with E-state index in [2.05, 4.69) is 18.5 Å². The van der Waals surface area contributed by atoms with Gasteiger partial charge in [0.05, 0.1) is 19.8 Å². The molecule has 1 rings (SSSR count). The number of nitrogens with one attached hydrogen (secondary N) is 1. The highest BCUT2D eigenvalue weighted by Crippen LogP contribution is 2.31. The number of amides is 1. The van der Waals surface area contributed by atoms with Crippen molar-refractivity contribution in [3.8, 4) is 11.5 Å². The largest absolute Gasteiger partial charge is 0.493 e. The van der Waals surface area contributed by atoms with Gasteiger partial charge in [0.1, 0.15) is 0 Å². The van der Waals surface area contributed by atoms with Crippen molar-refractivity contribution >= 4 is 23.4 Å². The van der Waals surface area contributed by atoms with E-state index in [4.69, 9.17) is 15.2 Å². The SMILES string of the molecule is COc1cc(N)c(C(=O)NCCC(C)SC)cc1OC. The number of methoxy groups -OCH3 is 2. The highest BCUT2D eigenvalue weighted by Gasteiger charge is 2.15. The van der Waals surface area contributed by atoms with Crippen molar-refractivity contribution in [1.29, 1.82) is 0 Å². The van der Waals surface area contributed by atoms with Crippen molar-refractivity contribution in [1.82, 2.24) is 5.32 Å². The zero-order valence-electron chi connectivity index (χ0n) is 12.4. The summed E-state index contributed by atoms with van der Waals surface area (Å²) >= 11 is 1.77. The smallest absolute Gasteiger partial charge is 0.253 e. The van der Waals surface area contributed by atoms with E-state index in [0.29, 0.717) is 34.5 Å². The molecule has 0 radical (unpaired) electrons. The van der Waals surface area contributed by atoms with Crippen LogP contribution in [0.4, 0.5) is 5.69 Å². The Morgan fingerprint density at radius 1 is 1.35 bits per heavy atom. The van der Waals surface area contributed by atoms with E-state index in [9.17, 15) is 4.79 Å². The Labute approximate surface area is 124 Å². The maximum absolute atomic E-state index is 12.1. The molecular weight excluding hydrogens is 276 g/mol. The first-order chi connectivity index (χ1) is 9.53. The molecular formula is C14H22N2O3S. The maximum atomic E-state index is 12.1. The first kappa shape index (κ1) is 16.5. The molecule has 3 N–H and O–H groups in total. The summed E-state index contributed by atoms with van der Waals surface area (Å²) in [4.78, 5) is 12.1. The predicted molar refractivity (Wildman–Crippen MR) is 83.9 cm³/mol. The molecule has 0 aromatic heterocycles. The van der Waals surface area contributed by atoms with Crippen LogP contribution in [0, 0.1) is 0 Å².